The van der Waals surface area contributed by atoms with Crippen molar-refractivity contribution in [3.8, 4) is 0 Å². The van der Waals surface area contributed by atoms with E-state index in [4.69, 9.17) is 18.9 Å². The van der Waals surface area contributed by atoms with Gasteiger partial charge in [0.2, 0.25) is 0 Å². The van der Waals surface area contributed by atoms with Crippen LogP contribution in [0.15, 0.2) is 48.5 Å². The predicted octanol–water partition coefficient (Wildman–Crippen LogP) is 4.23. The molecule has 0 radical (unpaired) electrons. The van der Waals surface area contributed by atoms with Crippen LogP contribution in [0.3, 0.4) is 0 Å². The largest absolute Gasteiger partial charge is 0.394 e. The SMILES string of the molecule is CCCC1OC(c2ccc(CC)cc2)OC2C(C(O)CO)OC(c3ccc(CC)cc3)OC12. The molecule has 7 unspecified atom stereocenters. The molecular formula is C27H36O6. The van der Waals surface area contributed by atoms with Gasteiger partial charge in [-0.3, -0.25) is 0 Å². The van der Waals surface area contributed by atoms with Gasteiger partial charge in [-0.2, -0.15) is 0 Å². The Morgan fingerprint density at radius 1 is 0.727 bits per heavy atom. The minimum Gasteiger partial charge on any atom is -0.394 e. The van der Waals surface area contributed by atoms with Crippen LogP contribution in [0.4, 0.5) is 0 Å². The van der Waals surface area contributed by atoms with Gasteiger partial charge in [0.05, 0.1) is 12.7 Å². The average molecular weight is 457 g/mol. The molecule has 2 aromatic carbocycles. The van der Waals surface area contributed by atoms with Crippen molar-refractivity contribution < 1.29 is 29.2 Å². The van der Waals surface area contributed by atoms with Crippen molar-refractivity contribution in [3.63, 3.8) is 0 Å². The monoisotopic (exact) mass is 456 g/mol. The second-order valence-electron chi connectivity index (χ2n) is 8.87. The molecular weight excluding hydrogens is 420 g/mol. The number of benzene rings is 2. The van der Waals surface area contributed by atoms with E-state index >= 15 is 0 Å². The van der Waals surface area contributed by atoms with E-state index in [1.54, 1.807) is 0 Å². The van der Waals surface area contributed by atoms with Crippen molar-refractivity contribution in [3.05, 3.63) is 70.8 Å². The third-order valence-electron chi connectivity index (χ3n) is 6.61. The van der Waals surface area contributed by atoms with Gasteiger partial charge < -0.3 is 29.2 Å². The smallest absolute Gasteiger partial charge is 0.184 e. The molecule has 2 saturated heterocycles. The van der Waals surface area contributed by atoms with Crippen LogP contribution in [0.2, 0.25) is 0 Å². The van der Waals surface area contributed by atoms with Crippen LogP contribution < -0.4 is 0 Å². The molecule has 33 heavy (non-hydrogen) atoms. The number of aliphatic hydroxyl groups is 2. The quantitative estimate of drug-likeness (QED) is 0.619. The first-order chi connectivity index (χ1) is 16.1. The van der Waals surface area contributed by atoms with E-state index in [0.717, 1.165) is 36.8 Å². The molecule has 0 aliphatic carbocycles. The van der Waals surface area contributed by atoms with E-state index < -0.39 is 43.6 Å². The molecule has 2 aliphatic rings. The molecule has 2 aromatic rings. The van der Waals surface area contributed by atoms with Gasteiger partial charge in [-0.1, -0.05) is 75.7 Å². The van der Waals surface area contributed by atoms with E-state index in [-0.39, 0.29) is 6.10 Å². The minimum atomic E-state index is -1.10. The summed E-state index contributed by atoms with van der Waals surface area (Å²) in [5.74, 6) is 0. The predicted molar refractivity (Wildman–Crippen MR) is 125 cm³/mol. The molecule has 0 amide bonds. The van der Waals surface area contributed by atoms with Gasteiger partial charge in [0.1, 0.15) is 24.4 Å². The maximum absolute atomic E-state index is 10.7. The highest BCUT2D eigenvalue weighted by Gasteiger charge is 2.51. The van der Waals surface area contributed by atoms with Crippen molar-refractivity contribution >= 4 is 0 Å². The molecule has 2 aliphatic heterocycles. The summed E-state index contributed by atoms with van der Waals surface area (Å²) in [4.78, 5) is 0. The van der Waals surface area contributed by atoms with Gasteiger partial charge in [-0.05, 0) is 30.4 Å². The zero-order valence-corrected chi connectivity index (χ0v) is 19.7. The van der Waals surface area contributed by atoms with Crippen LogP contribution in [0, 0.1) is 0 Å². The summed E-state index contributed by atoms with van der Waals surface area (Å²) < 4.78 is 25.3. The second kappa shape index (κ2) is 11.1. The molecule has 4 rings (SSSR count). The van der Waals surface area contributed by atoms with Crippen LogP contribution in [0.5, 0.6) is 0 Å². The lowest BCUT2D eigenvalue weighted by molar-refractivity contribution is -0.391. The molecule has 180 valence electrons. The Morgan fingerprint density at radius 3 is 1.73 bits per heavy atom. The number of fused-ring (bicyclic) bond motifs is 1. The number of ether oxygens (including phenoxy) is 4. The lowest BCUT2D eigenvalue weighted by Gasteiger charge is -2.50. The zero-order valence-electron chi connectivity index (χ0n) is 19.7. The lowest BCUT2D eigenvalue weighted by atomic mass is 9.93. The molecule has 6 heteroatoms. The van der Waals surface area contributed by atoms with Crippen molar-refractivity contribution in [2.75, 3.05) is 6.61 Å². The first kappa shape index (κ1) is 24.3. The van der Waals surface area contributed by atoms with Crippen LogP contribution in [-0.2, 0) is 31.8 Å². The van der Waals surface area contributed by atoms with Crippen molar-refractivity contribution in [2.45, 2.75) is 89.6 Å². The summed E-state index contributed by atoms with van der Waals surface area (Å²) in [6.45, 7) is 5.92. The third-order valence-corrected chi connectivity index (χ3v) is 6.61. The Bertz CT molecular complexity index is 867. The molecule has 0 bridgehead atoms. The Balaban J connectivity index is 1.62. The molecule has 2 N–H and O–H groups in total. The summed E-state index contributed by atoms with van der Waals surface area (Å²) in [5, 5.41) is 20.4. The summed E-state index contributed by atoms with van der Waals surface area (Å²) in [7, 11) is 0. The van der Waals surface area contributed by atoms with Gasteiger partial charge >= 0.3 is 0 Å². The van der Waals surface area contributed by atoms with Gasteiger partial charge in [0, 0.05) is 11.1 Å². The first-order valence-corrected chi connectivity index (χ1v) is 12.2. The third kappa shape index (κ3) is 5.32. The molecule has 7 atom stereocenters. The van der Waals surface area contributed by atoms with Gasteiger partial charge in [-0.15, -0.1) is 0 Å². The second-order valence-corrected chi connectivity index (χ2v) is 8.87. The summed E-state index contributed by atoms with van der Waals surface area (Å²) >= 11 is 0. The fraction of sp³-hybridized carbons (Fsp3) is 0.556. The molecule has 2 heterocycles. The molecule has 6 nitrogen and oxygen atoms in total. The summed E-state index contributed by atoms with van der Waals surface area (Å²) in [6.07, 6.45) is -0.698. The van der Waals surface area contributed by atoms with Crippen molar-refractivity contribution in [1.82, 2.24) is 0 Å². The highest BCUT2D eigenvalue weighted by molar-refractivity contribution is 5.25. The Labute approximate surface area is 196 Å². The highest BCUT2D eigenvalue weighted by atomic mass is 16.8. The Hall–Kier alpha value is -1.80. The van der Waals surface area contributed by atoms with Gasteiger partial charge in [0.15, 0.2) is 12.6 Å². The Kier molecular flexibility index (Phi) is 8.17. The lowest BCUT2D eigenvalue weighted by Crippen LogP contribution is -2.61. The highest BCUT2D eigenvalue weighted by Crippen LogP contribution is 2.42. The van der Waals surface area contributed by atoms with Crippen LogP contribution in [0.25, 0.3) is 0 Å². The number of aliphatic hydroxyl groups excluding tert-OH is 2. The number of hydrogen-bond acceptors (Lipinski definition) is 6. The van der Waals surface area contributed by atoms with Crippen molar-refractivity contribution in [2.24, 2.45) is 0 Å². The topological polar surface area (TPSA) is 77.4 Å². The van der Waals surface area contributed by atoms with E-state index in [1.807, 2.05) is 24.3 Å². The van der Waals surface area contributed by atoms with Crippen LogP contribution in [0.1, 0.15) is 68.4 Å². The van der Waals surface area contributed by atoms with Crippen LogP contribution >= 0.6 is 0 Å². The van der Waals surface area contributed by atoms with Gasteiger partial charge in [-0.25, -0.2) is 0 Å². The number of rotatable bonds is 8. The molecule has 0 spiro atoms. The maximum atomic E-state index is 10.7. The van der Waals surface area contributed by atoms with Crippen molar-refractivity contribution in [1.29, 1.82) is 0 Å². The first-order valence-electron chi connectivity index (χ1n) is 12.2. The van der Waals surface area contributed by atoms with E-state index in [1.165, 1.54) is 11.1 Å². The minimum absolute atomic E-state index is 0.223. The van der Waals surface area contributed by atoms with Gasteiger partial charge in [0.25, 0.3) is 0 Å². The number of hydrogen-bond donors (Lipinski definition) is 2. The summed E-state index contributed by atoms with van der Waals surface area (Å²) in [5.41, 5.74) is 4.26. The zero-order chi connectivity index (χ0) is 23.4. The molecule has 2 fully saturated rings. The normalized spacial score (nSPS) is 30.6. The molecule has 0 saturated carbocycles. The van der Waals surface area contributed by atoms with E-state index in [9.17, 15) is 10.2 Å². The van der Waals surface area contributed by atoms with E-state index in [0.29, 0.717) is 0 Å². The fourth-order valence-electron chi connectivity index (χ4n) is 4.59. The van der Waals surface area contributed by atoms with Crippen LogP contribution in [-0.4, -0.2) is 47.3 Å². The standard InChI is InChI=1S/C27H36O6/c1-4-7-22-24-25(33-26(30-22)19-12-8-17(5-2)9-13-19)23(21(29)16-28)31-27(32-24)20-14-10-18(6-3)11-15-20/h8-15,21-29H,4-7,16H2,1-3H3. The average Bonchev–Trinajstić information content (AvgIpc) is 2.87. The number of aryl methyl sites for hydroxylation is 2. The summed E-state index contributed by atoms with van der Waals surface area (Å²) in [6, 6.07) is 16.3. The maximum Gasteiger partial charge on any atom is 0.184 e. The molecule has 0 aromatic heterocycles. The fourth-order valence-corrected chi connectivity index (χ4v) is 4.59. The van der Waals surface area contributed by atoms with E-state index in [2.05, 4.69) is 45.0 Å². The Morgan fingerprint density at radius 2 is 1.24 bits per heavy atom.